The molecule has 3 unspecified atom stereocenters. The quantitative estimate of drug-likeness (QED) is 0.913. The van der Waals surface area contributed by atoms with Crippen LogP contribution in [0.5, 0.6) is 5.75 Å². The first-order valence-electron chi connectivity index (χ1n) is 7.40. The molecule has 0 bridgehead atoms. The molecule has 4 heteroatoms. The second kappa shape index (κ2) is 5.44. The van der Waals surface area contributed by atoms with Crippen molar-refractivity contribution in [1.29, 1.82) is 0 Å². The van der Waals surface area contributed by atoms with Crippen molar-refractivity contribution >= 4 is 5.91 Å². The van der Waals surface area contributed by atoms with Gasteiger partial charge in [0.2, 0.25) is 0 Å². The summed E-state index contributed by atoms with van der Waals surface area (Å²) >= 11 is 0. The van der Waals surface area contributed by atoms with Crippen LogP contribution in [0.3, 0.4) is 0 Å². The summed E-state index contributed by atoms with van der Waals surface area (Å²) in [5.41, 5.74) is 0.761. The van der Waals surface area contributed by atoms with Gasteiger partial charge in [0.05, 0.1) is 7.11 Å². The average molecular weight is 274 g/mol. The molecule has 108 valence electrons. The minimum absolute atomic E-state index is 0.161. The molecule has 2 fully saturated rings. The summed E-state index contributed by atoms with van der Waals surface area (Å²) in [6, 6.07) is 7.81. The molecule has 20 heavy (non-hydrogen) atoms. The van der Waals surface area contributed by atoms with Crippen molar-refractivity contribution < 1.29 is 9.53 Å². The predicted molar refractivity (Wildman–Crippen MR) is 78.0 cm³/mol. The van der Waals surface area contributed by atoms with Gasteiger partial charge in [-0.05, 0) is 42.5 Å². The van der Waals surface area contributed by atoms with Gasteiger partial charge in [0.15, 0.2) is 0 Å². The number of hydrogen-bond donors (Lipinski definition) is 1. The van der Waals surface area contributed by atoms with Crippen molar-refractivity contribution in [1.82, 2.24) is 10.2 Å². The van der Waals surface area contributed by atoms with Crippen LogP contribution in [0.15, 0.2) is 24.3 Å². The van der Waals surface area contributed by atoms with Crippen molar-refractivity contribution in [3.05, 3.63) is 29.8 Å². The summed E-state index contributed by atoms with van der Waals surface area (Å²) in [6.45, 7) is 5.17. The fourth-order valence-electron chi connectivity index (χ4n) is 3.68. The zero-order chi connectivity index (χ0) is 14.1. The lowest BCUT2D eigenvalue weighted by molar-refractivity contribution is 0.0711. The Morgan fingerprint density at radius 2 is 2.10 bits per heavy atom. The van der Waals surface area contributed by atoms with Gasteiger partial charge in [-0.1, -0.05) is 6.92 Å². The van der Waals surface area contributed by atoms with Crippen LogP contribution in [-0.2, 0) is 0 Å². The monoisotopic (exact) mass is 274 g/mol. The summed E-state index contributed by atoms with van der Waals surface area (Å²) in [5.74, 6) is 2.20. The molecule has 0 aliphatic carbocycles. The van der Waals surface area contributed by atoms with Gasteiger partial charge in [-0.25, -0.2) is 0 Å². The highest BCUT2D eigenvalue weighted by molar-refractivity contribution is 5.94. The summed E-state index contributed by atoms with van der Waals surface area (Å²) in [6.07, 6.45) is 1.03. The number of amides is 1. The van der Waals surface area contributed by atoms with Gasteiger partial charge in [0, 0.05) is 31.2 Å². The number of carbonyl (C=O) groups excluding carboxylic acids is 1. The number of methoxy groups -OCH3 is 1. The molecule has 1 aromatic carbocycles. The molecule has 0 radical (unpaired) electrons. The highest BCUT2D eigenvalue weighted by Crippen LogP contribution is 2.35. The number of likely N-dealkylation sites (tertiary alicyclic amines) is 1. The maximum Gasteiger partial charge on any atom is 0.254 e. The summed E-state index contributed by atoms with van der Waals surface area (Å²) in [7, 11) is 1.64. The number of fused-ring (bicyclic) bond motifs is 1. The van der Waals surface area contributed by atoms with E-state index in [9.17, 15) is 4.79 Å². The lowest BCUT2D eigenvalue weighted by atomic mass is 9.93. The molecule has 0 aromatic heterocycles. The number of carbonyl (C=O) groups is 1. The van der Waals surface area contributed by atoms with E-state index in [-0.39, 0.29) is 5.91 Å². The topological polar surface area (TPSA) is 41.6 Å². The van der Waals surface area contributed by atoms with Crippen molar-refractivity contribution in [2.45, 2.75) is 19.4 Å². The van der Waals surface area contributed by atoms with Crippen molar-refractivity contribution in [3.63, 3.8) is 0 Å². The summed E-state index contributed by atoms with van der Waals surface area (Å²) < 4.78 is 5.14. The first-order valence-corrected chi connectivity index (χ1v) is 7.40. The molecule has 0 spiro atoms. The van der Waals surface area contributed by atoms with E-state index < -0.39 is 0 Å². The molecule has 1 amide bonds. The van der Waals surface area contributed by atoms with Crippen LogP contribution in [0.4, 0.5) is 0 Å². The largest absolute Gasteiger partial charge is 0.497 e. The molecule has 2 heterocycles. The Kier molecular flexibility index (Phi) is 3.66. The normalized spacial score (nSPS) is 28.5. The highest BCUT2D eigenvalue weighted by Gasteiger charge is 2.45. The third kappa shape index (κ3) is 2.18. The van der Waals surface area contributed by atoms with E-state index in [0.29, 0.717) is 17.9 Å². The van der Waals surface area contributed by atoms with E-state index in [2.05, 4.69) is 17.1 Å². The smallest absolute Gasteiger partial charge is 0.254 e. The first-order chi connectivity index (χ1) is 9.74. The predicted octanol–water partition coefficient (Wildman–Crippen LogP) is 1.77. The lowest BCUT2D eigenvalue weighted by Crippen LogP contribution is -2.39. The summed E-state index contributed by atoms with van der Waals surface area (Å²) in [5, 5.41) is 3.45. The fraction of sp³-hybridized carbons (Fsp3) is 0.562. The molecule has 1 aromatic rings. The number of nitrogens with one attached hydrogen (secondary N) is 1. The van der Waals surface area contributed by atoms with Crippen molar-refractivity contribution in [2.75, 3.05) is 26.7 Å². The third-order valence-corrected chi connectivity index (χ3v) is 4.73. The Morgan fingerprint density at radius 1 is 1.35 bits per heavy atom. The van der Waals surface area contributed by atoms with Gasteiger partial charge in [-0.3, -0.25) is 4.79 Å². The lowest BCUT2D eigenvalue weighted by Gasteiger charge is -2.27. The van der Waals surface area contributed by atoms with Crippen LogP contribution in [0.25, 0.3) is 0 Å². The third-order valence-electron chi connectivity index (χ3n) is 4.73. The summed E-state index contributed by atoms with van der Waals surface area (Å²) in [4.78, 5) is 14.8. The molecule has 2 aliphatic rings. The van der Waals surface area contributed by atoms with Gasteiger partial charge in [0.1, 0.15) is 5.75 Å². The van der Waals surface area contributed by atoms with Crippen molar-refractivity contribution in [2.24, 2.45) is 11.8 Å². The average Bonchev–Trinajstić information content (AvgIpc) is 3.06. The Morgan fingerprint density at radius 3 is 2.75 bits per heavy atom. The first kappa shape index (κ1) is 13.4. The van der Waals surface area contributed by atoms with Crippen LogP contribution in [0, 0.1) is 11.8 Å². The van der Waals surface area contributed by atoms with E-state index in [1.807, 2.05) is 24.3 Å². The Labute approximate surface area is 120 Å². The number of hydrogen-bond acceptors (Lipinski definition) is 3. The molecule has 3 rings (SSSR count). The maximum absolute atomic E-state index is 12.7. The maximum atomic E-state index is 12.7. The molecule has 3 atom stereocenters. The van der Waals surface area contributed by atoms with Crippen molar-refractivity contribution in [3.8, 4) is 5.75 Å². The number of benzene rings is 1. The van der Waals surface area contributed by atoms with Crippen LogP contribution >= 0.6 is 0 Å². The molecule has 1 N–H and O–H groups in total. The zero-order valence-electron chi connectivity index (χ0n) is 12.1. The minimum atomic E-state index is 0.161. The molecule has 2 saturated heterocycles. The number of ether oxygens (including phenoxy) is 1. The van der Waals surface area contributed by atoms with E-state index >= 15 is 0 Å². The van der Waals surface area contributed by atoms with Gasteiger partial charge < -0.3 is 15.0 Å². The second-order valence-corrected chi connectivity index (χ2v) is 5.74. The van der Waals surface area contributed by atoms with Crippen LogP contribution in [0.1, 0.15) is 23.7 Å². The molecular weight excluding hydrogens is 252 g/mol. The molecule has 2 aliphatic heterocycles. The molecular formula is C16H22N2O2. The SMILES string of the molecule is CCC1C2CNCC2CN1C(=O)c1ccc(OC)cc1. The Hall–Kier alpha value is -1.55. The van der Waals surface area contributed by atoms with E-state index in [0.717, 1.165) is 37.4 Å². The minimum Gasteiger partial charge on any atom is -0.497 e. The standard InChI is InChI=1S/C16H22N2O2/c1-3-15-14-9-17-8-12(14)10-18(15)16(19)11-4-6-13(20-2)7-5-11/h4-7,12,14-15,17H,3,8-10H2,1-2H3. The fourth-order valence-corrected chi connectivity index (χ4v) is 3.68. The van der Waals surface area contributed by atoms with Gasteiger partial charge in [-0.2, -0.15) is 0 Å². The van der Waals surface area contributed by atoms with Crippen LogP contribution < -0.4 is 10.1 Å². The van der Waals surface area contributed by atoms with Crippen LogP contribution in [0.2, 0.25) is 0 Å². The second-order valence-electron chi connectivity index (χ2n) is 5.74. The Balaban J connectivity index is 1.79. The Bertz CT molecular complexity index is 486. The molecule has 0 saturated carbocycles. The zero-order valence-corrected chi connectivity index (χ0v) is 12.1. The van der Waals surface area contributed by atoms with Gasteiger partial charge in [0.25, 0.3) is 5.91 Å². The number of rotatable bonds is 3. The van der Waals surface area contributed by atoms with E-state index in [1.165, 1.54) is 0 Å². The number of nitrogens with zero attached hydrogens (tertiary/aromatic N) is 1. The van der Waals surface area contributed by atoms with Gasteiger partial charge >= 0.3 is 0 Å². The highest BCUT2D eigenvalue weighted by atomic mass is 16.5. The van der Waals surface area contributed by atoms with Gasteiger partial charge in [-0.15, -0.1) is 0 Å². The van der Waals surface area contributed by atoms with E-state index in [1.54, 1.807) is 7.11 Å². The molecule has 4 nitrogen and oxygen atoms in total. The van der Waals surface area contributed by atoms with E-state index in [4.69, 9.17) is 4.74 Å². The van der Waals surface area contributed by atoms with Crippen LogP contribution in [-0.4, -0.2) is 43.6 Å².